The van der Waals surface area contributed by atoms with E-state index in [4.69, 9.17) is 4.74 Å². The Balaban J connectivity index is 2.08. The number of likely N-dealkylation sites (N-methyl/N-ethyl adjacent to an activating group) is 1. The van der Waals surface area contributed by atoms with Crippen molar-refractivity contribution >= 4 is 27.5 Å². The minimum absolute atomic E-state index is 0.0872. The average Bonchev–Trinajstić information content (AvgIpc) is 2.94. The lowest BCUT2D eigenvalue weighted by molar-refractivity contribution is -0.139. The predicted octanol–water partition coefficient (Wildman–Crippen LogP) is 4.46. The number of anilines is 1. The molecule has 12 heteroatoms. The van der Waals surface area contributed by atoms with Gasteiger partial charge in [-0.15, -0.1) is 0 Å². The Bertz CT molecular complexity index is 1430. The van der Waals surface area contributed by atoms with Gasteiger partial charge < -0.3 is 15.0 Å². The van der Waals surface area contributed by atoms with Crippen LogP contribution < -0.4 is 14.4 Å². The molecule has 0 spiro atoms. The van der Waals surface area contributed by atoms with E-state index >= 15 is 0 Å². The Morgan fingerprint density at radius 1 is 0.975 bits per heavy atom. The van der Waals surface area contributed by atoms with Gasteiger partial charge in [0.25, 0.3) is 10.0 Å². The third-order valence-electron chi connectivity index (χ3n) is 6.08. The lowest BCUT2D eigenvalue weighted by atomic mass is 10.1. The number of methoxy groups -OCH3 is 1. The Kier molecular flexibility index (Phi) is 9.80. The molecular weight excluding hydrogens is 547 g/mol. The maximum atomic E-state index is 13.8. The van der Waals surface area contributed by atoms with Crippen molar-refractivity contribution in [2.45, 2.75) is 37.5 Å². The Labute approximate surface area is 231 Å². The maximum absolute atomic E-state index is 13.8. The van der Waals surface area contributed by atoms with Crippen LogP contribution in [0.2, 0.25) is 0 Å². The summed E-state index contributed by atoms with van der Waals surface area (Å²) in [6, 6.07) is 16.6. The van der Waals surface area contributed by atoms with E-state index < -0.39 is 46.2 Å². The number of sulfonamides is 1. The molecule has 2 amide bonds. The van der Waals surface area contributed by atoms with Gasteiger partial charge in [-0.1, -0.05) is 36.4 Å². The summed E-state index contributed by atoms with van der Waals surface area (Å²) < 4.78 is 73.8. The van der Waals surface area contributed by atoms with Crippen molar-refractivity contribution in [1.82, 2.24) is 10.2 Å². The van der Waals surface area contributed by atoms with Gasteiger partial charge in [0.05, 0.1) is 23.3 Å². The van der Waals surface area contributed by atoms with Crippen LogP contribution in [0.5, 0.6) is 5.75 Å². The summed E-state index contributed by atoms with van der Waals surface area (Å²) in [6.07, 6.45) is -4.74. The van der Waals surface area contributed by atoms with Crippen molar-refractivity contribution < 1.29 is 35.9 Å². The molecule has 0 aliphatic carbocycles. The minimum atomic E-state index is -4.74. The highest BCUT2D eigenvalue weighted by Crippen LogP contribution is 2.33. The van der Waals surface area contributed by atoms with Gasteiger partial charge in [-0.25, -0.2) is 8.42 Å². The molecule has 3 rings (SSSR count). The number of rotatable bonds is 11. The molecule has 0 aliphatic heterocycles. The number of nitrogens with one attached hydrogen (secondary N) is 1. The molecule has 0 radical (unpaired) electrons. The fourth-order valence-corrected chi connectivity index (χ4v) is 5.38. The van der Waals surface area contributed by atoms with Gasteiger partial charge in [-0.2, -0.15) is 13.2 Å². The summed E-state index contributed by atoms with van der Waals surface area (Å²) >= 11 is 0. The number of hydrogen-bond donors (Lipinski definition) is 1. The third-order valence-corrected chi connectivity index (χ3v) is 7.86. The third kappa shape index (κ3) is 7.32. The van der Waals surface area contributed by atoms with Crippen molar-refractivity contribution in [2.24, 2.45) is 0 Å². The van der Waals surface area contributed by atoms with Gasteiger partial charge in [0.2, 0.25) is 11.8 Å². The first-order valence-electron chi connectivity index (χ1n) is 12.3. The smallest absolute Gasteiger partial charge is 0.416 e. The Hall–Kier alpha value is -4.06. The number of hydrogen-bond acceptors (Lipinski definition) is 5. The molecule has 0 saturated heterocycles. The number of carbonyl (C=O) groups is 2. The summed E-state index contributed by atoms with van der Waals surface area (Å²) in [5.41, 5.74) is -0.825. The number of alkyl halides is 3. The normalized spacial score (nSPS) is 12.3. The molecule has 8 nitrogen and oxygen atoms in total. The quantitative estimate of drug-likeness (QED) is 0.363. The van der Waals surface area contributed by atoms with Crippen LogP contribution in [0.1, 0.15) is 25.0 Å². The first-order chi connectivity index (χ1) is 18.9. The first kappa shape index (κ1) is 30.5. The van der Waals surface area contributed by atoms with E-state index in [9.17, 15) is 31.2 Å². The monoisotopic (exact) mass is 577 g/mol. The molecule has 1 atom stereocenters. The zero-order valence-corrected chi connectivity index (χ0v) is 23.0. The van der Waals surface area contributed by atoms with E-state index in [-0.39, 0.29) is 17.1 Å². The van der Waals surface area contributed by atoms with Crippen LogP contribution in [-0.4, -0.2) is 51.4 Å². The Morgan fingerprint density at radius 2 is 1.65 bits per heavy atom. The summed E-state index contributed by atoms with van der Waals surface area (Å²) in [6.45, 7) is 2.55. The highest BCUT2D eigenvalue weighted by atomic mass is 32.2. The molecular formula is C28H30F3N3O5S. The van der Waals surface area contributed by atoms with Gasteiger partial charge in [0.15, 0.2) is 0 Å². The Morgan fingerprint density at radius 3 is 2.27 bits per heavy atom. The minimum Gasteiger partial charge on any atom is -0.497 e. The van der Waals surface area contributed by atoms with Gasteiger partial charge in [-0.3, -0.25) is 13.9 Å². The molecule has 1 unspecified atom stereocenters. The second-order valence-corrected chi connectivity index (χ2v) is 10.7. The van der Waals surface area contributed by atoms with E-state index in [1.165, 1.54) is 49.3 Å². The summed E-state index contributed by atoms with van der Waals surface area (Å²) in [5.74, 6) is -0.762. The lowest BCUT2D eigenvalue weighted by Crippen LogP contribution is -2.51. The number of halogens is 3. The van der Waals surface area contributed by atoms with Crippen molar-refractivity contribution in [3.63, 3.8) is 0 Å². The molecule has 0 bridgehead atoms. The van der Waals surface area contributed by atoms with Crippen LogP contribution in [0.25, 0.3) is 0 Å². The first-order valence-corrected chi connectivity index (χ1v) is 13.8. The topological polar surface area (TPSA) is 96.0 Å². The number of ether oxygens (including phenoxy) is 1. The highest BCUT2D eigenvalue weighted by molar-refractivity contribution is 7.92. The van der Waals surface area contributed by atoms with Crippen LogP contribution in [0.4, 0.5) is 18.9 Å². The van der Waals surface area contributed by atoms with Gasteiger partial charge in [-0.05, 0) is 61.9 Å². The zero-order valence-electron chi connectivity index (χ0n) is 22.2. The SMILES string of the molecule is CCNC(=O)C(C)N(Cc1cccc(OC)c1)C(=O)CN(c1cccc(C(F)(F)F)c1)S(=O)(=O)c1ccccc1. The van der Waals surface area contributed by atoms with Crippen LogP contribution in [-0.2, 0) is 32.3 Å². The maximum Gasteiger partial charge on any atom is 0.416 e. The molecule has 3 aromatic rings. The van der Waals surface area contributed by atoms with Gasteiger partial charge in [0.1, 0.15) is 18.3 Å². The van der Waals surface area contributed by atoms with Crippen molar-refractivity contribution in [3.05, 3.63) is 90.0 Å². The van der Waals surface area contributed by atoms with E-state index in [1.54, 1.807) is 37.3 Å². The molecule has 0 fully saturated rings. The van der Waals surface area contributed by atoms with Crippen molar-refractivity contribution in [2.75, 3.05) is 24.5 Å². The molecule has 0 saturated carbocycles. The highest BCUT2D eigenvalue weighted by Gasteiger charge is 2.35. The van der Waals surface area contributed by atoms with Crippen LogP contribution in [0, 0.1) is 0 Å². The summed E-state index contributed by atoms with van der Waals surface area (Å²) in [7, 11) is -3.01. The molecule has 1 N–H and O–H groups in total. The molecule has 0 aromatic heterocycles. The zero-order chi connectivity index (χ0) is 29.5. The van der Waals surface area contributed by atoms with E-state index in [0.717, 1.165) is 12.1 Å². The van der Waals surface area contributed by atoms with Gasteiger partial charge >= 0.3 is 6.18 Å². The van der Waals surface area contributed by atoms with Crippen LogP contribution in [0.3, 0.4) is 0 Å². The van der Waals surface area contributed by atoms with E-state index in [0.29, 0.717) is 28.2 Å². The number of benzene rings is 3. The van der Waals surface area contributed by atoms with Crippen LogP contribution in [0.15, 0.2) is 83.8 Å². The van der Waals surface area contributed by atoms with Crippen molar-refractivity contribution in [1.29, 1.82) is 0 Å². The van der Waals surface area contributed by atoms with Gasteiger partial charge in [0, 0.05) is 13.1 Å². The largest absolute Gasteiger partial charge is 0.497 e. The summed E-state index contributed by atoms with van der Waals surface area (Å²) in [4.78, 5) is 27.5. The molecule has 0 heterocycles. The second kappa shape index (κ2) is 12.9. The number of carbonyl (C=O) groups excluding carboxylic acids is 2. The van der Waals surface area contributed by atoms with Crippen molar-refractivity contribution in [3.8, 4) is 5.75 Å². The number of nitrogens with zero attached hydrogens (tertiary/aromatic N) is 2. The fraction of sp³-hybridized carbons (Fsp3) is 0.286. The average molecular weight is 578 g/mol. The van der Waals surface area contributed by atoms with E-state index in [2.05, 4.69) is 5.32 Å². The molecule has 214 valence electrons. The number of amides is 2. The lowest BCUT2D eigenvalue weighted by Gasteiger charge is -2.32. The predicted molar refractivity (Wildman–Crippen MR) is 144 cm³/mol. The van der Waals surface area contributed by atoms with Crippen LogP contribution >= 0.6 is 0 Å². The molecule has 40 heavy (non-hydrogen) atoms. The molecule has 0 aliphatic rings. The van der Waals surface area contributed by atoms with E-state index in [1.807, 2.05) is 0 Å². The second-order valence-electron chi connectivity index (χ2n) is 8.82. The fourth-order valence-electron chi connectivity index (χ4n) is 3.96. The summed E-state index contributed by atoms with van der Waals surface area (Å²) in [5, 5.41) is 2.64. The molecule has 3 aromatic carbocycles. The standard InChI is InChI=1S/C28H30F3N3O5S/c1-4-32-27(36)20(2)33(18-21-10-8-13-24(16-21)39-3)26(35)19-34(40(37,38)25-14-6-5-7-15-25)23-12-9-11-22(17-23)28(29,30)31/h5-17,20H,4,18-19H2,1-3H3,(H,32,36).